The van der Waals surface area contributed by atoms with Crippen LogP contribution < -0.4 is 5.19 Å². The zero-order valence-corrected chi connectivity index (χ0v) is 18.4. The van der Waals surface area contributed by atoms with E-state index < -0.39 is 8.07 Å². The van der Waals surface area contributed by atoms with E-state index >= 15 is 0 Å². The molecule has 0 saturated heterocycles. The number of rotatable bonds is 3. The maximum Gasteiger partial charge on any atom is 0.106 e. The molecule has 0 radical (unpaired) electrons. The molecule has 0 N–H and O–H groups in total. The quantitative estimate of drug-likeness (QED) is 0.516. The molecule has 1 aromatic rings. The van der Waals surface area contributed by atoms with Gasteiger partial charge in [0.15, 0.2) is 0 Å². The molecule has 1 heteroatoms. The first kappa shape index (κ1) is 18.9. The fourth-order valence-corrected chi connectivity index (χ4v) is 11.7. The third kappa shape index (κ3) is 2.56. The van der Waals surface area contributed by atoms with Crippen LogP contribution in [-0.2, 0) is 0 Å². The molecule has 136 valence electrons. The third-order valence-corrected chi connectivity index (χ3v) is 12.7. The summed E-state index contributed by atoms with van der Waals surface area (Å²) in [6.45, 7) is 20.8. The zero-order valence-electron chi connectivity index (χ0n) is 17.4. The smallest absolute Gasteiger partial charge is 0.0915 e. The van der Waals surface area contributed by atoms with Crippen LogP contribution in [-0.4, -0.2) is 8.07 Å². The molecule has 0 nitrogen and oxygen atoms in total. The molecule has 0 aromatic heterocycles. The first-order valence-corrected chi connectivity index (χ1v) is 12.3. The molecule has 0 fully saturated rings. The zero-order chi connectivity index (χ0) is 19.2. The van der Waals surface area contributed by atoms with Gasteiger partial charge in [0.05, 0.1) is 0 Å². The Morgan fingerprint density at radius 3 is 1.92 bits per heavy atom. The van der Waals surface area contributed by atoms with Crippen LogP contribution in [0.3, 0.4) is 0 Å². The van der Waals surface area contributed by atoms with E-state index in [0.717, 1.165) is 0 Å². The number of hydrogen-bond donors (Lipinski definition) is 0. The van der Waals surface area contributed by atoms with Crippen LogP contribution >= 0.6 is 0 Å². The van der Waals surface area contributed by atoms with Crippen LogP contribution in [0.25, 0.3) is 0 Å². The minimum absolute atomic E-state index is 0.496. The first-order valence-electron chi connectivity index (χ1n) is 9.69. The predicted octanol–water partition coefficient (Wildman–Crippen LogP) is 6.86. The predicted molar refractivity (Wildman–Crippen MR) is 119 cm³/mol. The van der Waals surface area contributed by atoms with Crippen molar-refractivity contribution in [3.8, 4) is 0 Å². The molecule has 2 aliphatic rings. The van der Waals surface area contributed by atoms with Crippen molar-refractivity contribution in [1.82, 2.24) is 0 Å². The Balaban J connectivity index is 2.31. The van der Waals surface area contributed by atoms with Gasteiger partial charge in [-0.1, -0.05) is 77.5 Å². The minimum atomic E-state index is -1.97. The number of allylic oxidation sites excluding steroid dienone is 9. The van der Waals surface area contributed by atoms with Gasteiger partial charge in [-0.15, -0.1) is 0 Å². The molecular formula is C25H32Si. The highest BCUT2D eigenvalue weighted by Crippen LogP contribution is 2.56. The van der Waals surface area contributed by atoms with E-state index in [1.165, 1.54) is 27.9 Å². The van der Waals surface area contributed by atoms with Crippen LogP contribution in [0.4, 0.5) is 0 Å². The minimum Gasteiger partial charge on any atom is -0.0915 e. The normalized spacial score (nSPS) is 25.3. The van der Waals surface area contributed by atoms with Gasteiger partial charge in [-0.05, 0) is 63.8 Å². The average molecular weight is 361 g/mol. The lowest BCUT2D eigenvalue weighted by atomic mass is 10.1. The van der Waals surface area contributed by atoms with Gasteiger partial charge in [0, 0.05) is 11.1 Å². The topological polar surface area (TPSA) is 0 Å². The second-order valence-corrected chi connectivity index (χ2v) is 12.6. The van der Waals surface area contributed by atoms with E-state index in [-0.39, 0.29) is 0 Å². The van der Waals surface area contributed by atoms with Gasteiger partial charge >= 0.3 is 0 Å². The largest absolute Gasteiger partial charge is 0.106 e. The summed E-state index contributed by atoms with van der Waals surface area (Å²) < 4.78 is 0. The van der Waals surface area contributed by atoms with Crippen LogP contribution in [0.5, 0.6) is 0 Å². The highest BCUT2D eigenvalue weighted by Gasteiger charge is 2.51. The fourth-order valence-electron chi connectivity index (χ4n) is 5.57. The first-order chi connectivity index (χ1) is 12.2. The standard InChI is InChI=1S/C25H32Si/c1-9-23-16(2)15-17(3)24(23)26(8,22-13-11-10-12-14-22)25-20(6)18(4)19(5)21(25)7/h9-15,24-25H,2H2,1,3-8H3/b23-9+. The summed E-state index contributed by atoms with van der Waals surface area (Å²) in [5.74, 6) is 0. The molecule has 1 aromatic carbocycles. The SMILES string of the molecule is C=C1C=C(C)C([Si](C)(c2ccccc2)C2C(C)=C(C)C(C)=C2C)/C1=C/C. The average Bonchev–Trinajstić information content (AvgIpc) is 3.03. The molecule has 26 heavy (non-hydrogen) atoms. The Morgan fingerprint density at radius 1 is 0.885 bits per heavy atom. The van der Waals surface area contributed by atoms with Gasteiger partial charge in [-0.2, -0.15) is 0 Å². The van der Waals surface area contributed by atoms with Crippen molar-refractivity contribution in [3.63, 3.8) is 0 Å². The van der Waals surface area contributed by atoms with E-state index in [0.29, 0.717) is 11.1 Å². The van der Waals surface area contributed by atoms with Crippen molar-refractivity contribution < 1.29 is 0 Å². The summed E-state index contributed by atoms with van der Waals surface area (Å²) in [4.78, 5) is 0. The summed E-state index contributed by atoms with van der Waals surface area (Å²) in [5, 5.41) is 1.55. The van der Waals surface area contributed by atoms with Gasteiger partial charge < -0.3 is 0 Å². The van der Waals surface area contributed by atoms with E-state index in [9.17, 15) is 0 Å². The molecule has 2 aliphatic carbocycles. The van der Waals surface area contributed by atoms with Crippen molar-refractivity contribution in [2.75, 3.05) is 0 Å². The maximum absolute atomic E-state index is 4.36. The summed E-state index contributed by atoms with van der Waals surface area (Å²) in [7, 11) is -1.97. The third-order valence-electron chi connectivity index (χ3n) is 7.06. The number of hydrogen-bond acceptors (Lipinski definition) is 0. The van der Waals surface area contributed by atoms with Crippen molar-refractivity contribution in [3.05, 3.63) is 88.1 Å². The van der Waals surface area contributed by atoms with Gasteiger partial charge in [-0.25, -0.2) is 0 Å². The van der Waals surface area contributed by atoms with Crippen LogP contribution in [0, 0.1) is 0 Å². The van der Waals surface area contributed by atoms with E-state index in [2.05, 4.69) is 97.2 Å². The van der Waals surface area contributed by atoms with E-state index in [1.807, 2.05) is 0 Å². The lowest BCUT2D eigenvalue weighted by molar-refractivity contribution is 1.00. The van der Waals surface area contributed by atoms with Crippen molar-refractivity contribution in [1.29, 1.82) is 0 Å². The molecule has 2 unspecified atom stereocenters. The molecule has 0 aliphatic heterocycles. The molecular weight excluding hydrogens is 328 g/mol. The lowest BCUT2D eigenvalue weighted by Crippen LogP contribution is -2.53. The number of benzene rings is 1. The molecule has 0 spiro atoms. The van der Waals surface area contributed by atoms with Crippen LogP contribution in [0.1, 0.15) is 41.5 Å². The second kappa shape index (κ2) is 6.70. The Labute approximate surface area is 160 Å². The summed E-state index contributed by atoms with van der Waals surface area (Å²) in [6.07, 6.45) is 4.63. The molecule has 0 saturated carbocycles. The molecule has 0 heterocycles. The summed E-state index contributed by atoms with van der Waals surface area (Å²) in [5.41, 5.74) is 11.4. The molecule has 0 bridgehead atoms. The fraction of sp³-hybridized carbons (Fsp3) is 0.360. The lowest BCUT2D eigenvalue weighted by Gasteiger charge is -2.43. The van der Waals surface area contributed by atoms with Crippen LogP contribution in [0.2, 0.25) is 17.6 Å². The maximum atomic E-state index is 4.36. The Hall–Kier alpha value is -1.86. The highest BCUT2D eigenvalue weighted by molar-refractivity contribution is 6.95. The van der Waals surface area contributed by atoms with E-state index in [1.54, 1.807) is 16.3 Å². The monoisotopic (exact) mass is 360 g/mol. The van der Waals surface area contributed by atoms with Crippen molar-refractivity contribution >= 4 is 13.3 Å². The summed E-state index contributed by atoms with van der Waals surface area (Å²) in [6, 6.07) is 11.3. The summed E-state index contributed by atoms with van der Waals surface area (Å²) >= 11 is 0. The highest BCUT2D eigenvalue weighted by atomic mass is 28.3. The molecule has 3 rings (SSSR count). The van der Waals surface area contributed by atoms with Gasteiger partial charge in [0.1, 0.15) is 8.07 Å². The molecule has 2 atom stereocenters. The van der Waals surface area contributed by atoms with Crippen molar-refractivity contribution in [2.24, 2.45) is 0 Å². The second-order valence-electron chi connectivity index (χ2n) is 8.29. The van der Waals surface area contributed by atoms with Crippen molar-refractivity contribution in [2.45, 2.75) is 59.2 Å². The molecule has 0 amide bonds. The van der Waals surface area contributed by atoms with Gasteiger partial charge in [-0.3, -0.25) is 0 Å². The Bertz CT molecular complexity index is 848. The van der Waals surface area contributed by atoms with Gasteiger partial charge in [0.25, 0.3) is 0 Å². The Morgan fingerprint density at radius 2 is 1.42 bits per heavy atom. The van der Waals surface area contributed by atoms with Crippen LogP contribution in [0.15, 0.2) is 88.1 Å². The Kier molecular flexibility index (Phi) is 4.87. The van der Waals surface area contributed by atoms with Gasteiger partial charge in [0.2, 0.25) is 0 Å². The van der Waals surface area contributed by atoms with E-state index in [4.69, 9.17) is 0 Å².